The van der Waals surface area contributed by atoms with Crippen molar-refractivity contribution in [3.8, 4) is 5.75 Å². The van der Waals surface area contributed by atoms with Gasteiger partial charge in [-0.05, 0) is 79.0 Å². The largest absolute Gasteiger partial charge is 0.486 e. The summed E-state index contributed by atoms with van der Waals surface area (Å²) in [7, 11) is 0. The minimum Gasteiger partial charge on any atom is -0.486 e. The van der Waals surface area contributed by atoms with Crippen LogP contribution in [0.4, 0.5) is 5.69 Å². The van der Waals surface area contributed by atoms with Crippen LogP contribution in [0.5, 0.6) is 5.75 Å². The molecule has 0 spiro atoms. The lowest BCUT2D eigenvalue weighted by Gasteiger charge is -2.13. The van der Waals surface area contributed by atoms with Crippen LogP contribution in [0.25, 0.3) is 6.08 Å². The molecule has 2 aliphatic rings. The van der Waals surface area contributed by atoms with Crippen molar-refractivity contribution >= 4 is 35.0 Å². The third-order valence-electron chi connectivity index (χ3n) is 5.31. The quantitative estimate of drug-likeness (QED) is 0.486. The molecule has 30 heavy (non-hydrogen) atoms. The Balaban J connectivity index is 1.27. The number of hydrogen-bond acceptors (Lipinski definition) is 4. The van der Waals surface area contributed by atoms with Crippen molar-refractivity contribution in [1.29, 1.82) is 0 Å². The molecule has 1 saturated heterocycles. The van der Waals surface area contributed by atoms with Crippen LogP contribution in [0.15, 0.2) is 70.8 Å². The van der Waals surface area contributed by atoms with Crippen LogP contribution in [0.1, 0.15) is 29.1 Å². The summed E-state index contributed by atoms with van der Waals surface area (Å²) in [5.74, 6) is 1.90. The van der Waals surface area contributed by atoms with E-state index in [-0.39, 0.29) is 5.91 Å². The number of anilines is 1. The van der Waals surface area contributed by atoms with Gasteiger partial charge in [-0.15, -0.1) is 0 Å². The zero-order valence-electron chi connectivity index (χ0n) is 16.3. The molecule has 2 heterocycles. The molecule has 1 N–H and O–H groups in total. The van der Waals surface area contributed by atoms with Crippen molar-refractivity contribution in [2.75, 3.05) is 4.90 Å². The fourth-order valence-electron chi connectivity index (χ4n) is 3.83. The molecule has 1 fully saturated rings. The maximum absolute atomic E-state index is 12.8. The van der Waals surface area contributed by atoms with Crippen molar-refractivity contribution in [3.63, 3.8) is 0 Å². The van der Waals surface area contributed by atoms with Gasteiger partial charge in [-0.2, -0.15) is 0 Å². The van der Waals surface area contributed by atoms with Gasteiger partial charge in [-0.1, -0.05) is 24.3 Å². The Bertz CT molecular complexity index is 1150. The number of hydrogen-bond donors (Lipinski definition) is 1. The van der Waals surface area contributed by atoms with E-state index < -0.39 is 0 Å². The van der Waals surface area contributed by atoms with Gasteiger partial charge >= 0.3 is 0 Å². The van der Waals surface area contributed by atoms with Gasteiger partial charge in [0.05, 0.1) is 5.69 Å². The third-order valence-corrected chi connectivity index (χ3v) is 5.60. The number of aryl methyl sites for hydroxylation is 2. The maximum Gasteiger partial charge on any atom is 0.281 e. The van der Waals surface area contributed by atoms with Gasteiger partial charge in [0.15, 0.2) is 5.11 Å². The molecule has 0 unspecified atom stereocenters. The number of furan rings is 1. The molecule has 0 atom stereocenters. The van der Waals surface area contributed by atoms with E-state index in [9.17, 15) is 4.79 Å². The van der Waals surface area contributed by atoms with Gasteiger partial charge in [0.25, 0.3) is 5.91 Å². The van der Waals surface area contributed by atoms with Crippen LogP contribution >= 0.6 is 12.2 Å². The average Bonchev–Trinajstić information content (AvgIpc) is 3.47. The van der Waals surface area contributed by atoms with E-state index in [0.717, 1.165) is 24.3 Å². The number of ether oxygens (including phenoxy) is 1. The topological polar surface area (TPSA) is 54.7 Å². The number of carbonyl (C=O) groups is 1. The predicted octanol–water partition coefficient (Wildman–Crippen LogP) is 4.61. The summed E-state index contributed by atoms with van der Waals surface area (Å²) >= 11 is 5.33. The molecule has 0 radical (unpaired) electrons. The summed E-state index contributed by atoms with van der Waals surface area (Å²) in [6, 6.07) is 19.3. The van der Waals surface area contributed by atoms with Gasteiger partial charge in [0, 0.05) is 6.08 Å². The number of thiocarbonyl (C=S) groups is 1. The Morgan fingerprint density at radius 1 is 1.07 bits per heavy atom. The number of para-hydroxylation sites is 1. The van der Waals surface area contributed by atoms with Crippen LogP contribution in [0.2, 0.25) is 0 Å². The fourth-order valence-corrected chi connectivity index (χ4v) is 4.13. The highest BCUT2D eigenvalue weighted by atomic mass is 32.1. The fraction of sp³-hybridized carbons (Fsp3) is 0.167. The van der Waals surface area contributed by atoms with Gasteiger partial charge in [-0.25, -0.2) is 0 Å². The Hall–Kier alpha value is -3.38. The van der Waals surface area contributed by atoms with Gasteiger partial charge in [0.1, 0.15) is 29.6 Å². The first-order chi connectivity index (χ1) is 14.7. The smallest absolute Gasteiger partial charge is 0.281 e. The molecule has 1 aromatic heterocycles. The minimum absolute atomic E-state index is 0.210. The molecule has 1 aliphatic carbocycles. The van der Waals surface area contributed by atoms with Crippen molar-refractivity contribution in [2.45, 2.75) is 25.9 Å². The summed E-state index contributed by atoms with van der Waals surface area (Å²) in [6.07, 6.45) is 5.15. The summed E-state index contributed by atoms with van der Waals surface area (Å²) < 4.78 is 11.7. The van der Waals surface area contributed by atoms with E-state index in [1.807, 2.05) is 48.5 Å². The summed E-state index contributed by atoms with van der Waals surface area (Å²) in [5, 5.41) is 3.32. The zero-order valence-corrected chi connectivity index (χ0v) is 17.1. The number of carbonyl (C=O) groups excluding carboxylic acids is 1. The Morgan fingerprint density at radius 2 is 1.90 bits per heavy atom. The standard InChI is InChI=1S/C24H20N2O3S/c27-23-22(25-24(30)26(23)18-7-2-1-3-8-18)14-20-11-12-21(29-20)15-28-19-10-9-16-5-4-6-17(16)13-19/h1-3,7-14H,4-6,15H2,(H,25,30)/b22-14+. The number of rotatable bonds is 5. The van der Waals surface area contributed by atoms with E-state index in [1.54, 1.807) is 6.08 Å². The summed E-state index contributed by atoms with van der Waals surface area (Å²) in [4.78, 5) is 14.2. The molecule has 0 bridgehead atoms. The second-order valence-electron chi connectivity index (χ2n) is 7.34. The number of fused-ring (bicyclic) bond motifs is 1. The summed E-state index contributed by atoms with van der Waals surface area (Å²) in [5.41, 5.74) is 3.91. The molecule has 0 saturated carbocycles. The van der Waals surface area contributed by atoms with Crippen LogP contribution in [0.3, 0.4) is 0 Å². The van der Waals surface area contributed by atoms with Crippen LogP contribution < -0.4 is 15.0 Å². The number of nitrogens with one attached hydrogen (secondary N) is 1. The zero-order chi connectivity index (χ0) is 20.5. The third kappa shape index (κ3) is 3.62. The van der Waals surface area contributed by atoms with Crippen molar-refractivity contribution in [2.24, 2.45) is 0 Å². The second kappa shape index (κ2) is 7.80. The summed E-state index contributed by atoms with van der Waals surface area (Å²) in [6.45, 7) is 0.331. The first-order valence-corrected chi connectivity index (χ1v) is 10.3. The van der Waals surface area contributed by atoms with E-state index >= 15 is 0 Å². The Kier molecular flexibility index (Phi) is 4.85. The molecule has 3 aromatic rings. The molecule has 150 valence electrons. The molecule has 5 nitrogen and oxygen atoms in total. The number of nitrogens with zero attached hydrogens (tertiary/aromatic N) is 1. The molecular formula is C24H20N2O3S. The van der Waals surface area contributed by atoms with Crippen LogP contribution in [-0.4, -0.2) is 11.0 Å². The van der Waals surface area contributed by atoms with Crippen molar-refractivity contribution in [3.05, 3.63) is 89.0 Å². The van der Waals surface area contributed by atoms with Crippen LogP contribution in [-0.2, 0) is 24.2 Å². The lowest BCUT2D eigenvalue weighted by molar-refractivity contribution is -0.113. The number of amides is 1. The first-order valence-electron chi connectivity index (χ1n) is 9.93. The Morgan fingerprint density at radius 3 is 2.77 bits per heavy atom. The highest BCUT2D eigenvalue weighted by Gasteiger charge is 2.32. The molecule has 1 aliphatic heterocycles. The maximum atomic E-state index is 12.8. The van der Waals surface area contributed by atoms with Gasteiger partial charge < -0.3 is 14.5 Å². The van der Waals surface area contributed by atoms with Crippen molar-refractivity contribution in [1.82, 2.24) is 5.32 Å². The minimum atomic E-state index is -0.210. The Labute approximate surface area is 180 Å². The average molecular weight is 417 g/mol. The molecule has 1 amide bonds. The molecule has 6 heteroatoms. The SMILES string of the molecule is O=C1/C(=C\c2ccc(COc3ccc4c(c3)CCC4)o2)NC(=S)N1c1ccccc1. The van der Waals surface area contributed by atoms with E-state index in [2.05, 4.69) is 17.4 Å². The first kappa shape index (κ1) is 18.6. The number of benzene rings is 2. The lowest BCUT2D eigenvalue weighted by Crippen LogP contribution is -2.30. The van der Waals surface area contributed by atoms with E-state index in [4.69, 9.17) is 21.4 Å². The predicted molar refractivity (Wildman–Crippen MR) is 119 cm³/mol. The normalized spacial score (nSPS) is 16.8. The van der Waals surface area contributed by atoms with Crippen LogP contribution in [0, 0.1) is 0 Å². The monoisotopic (exact) mass is 416 g/mol. The molecule has 5 rings (SSSR count). The molecular weight excluding hydrogens is 396 g/mol. The highest BCUT2D eigenvalue weighted by Crippen LogP contribution is 2.27. The molecule has 2 aromatic carbocycles. The van der Waals surface area contributed by atoms with Gasteiger partial charge in [-0.3, -0.25) is 9.69 Å². The van der Waals surface area contributed by atoms with Crippen molar-refractivity contribution < 1.29 is 13.9 Å². The second-order valence-corrected chi connectivity index (χ2v) is 7.73. The van der Waals surface area contributed by atoms with Gasteiger partial charge in [0.2, 0.25) is 0 Å². The lowest BCUT2D eigenvalue weighted by atomic mass is 10.1. The van der Waals surface area contributed by atoms with E-state index in [1.165, 1.54) is 22.4 Å². The highest BCUT2D eigenvalue weighted by molar-refractivity contribution is 7.80. The van der Waals surface area contributed by atoms with E-state index in [0.29, 0.717) is 28.9 Å².